The van der Waals surface area contributed by atoms with E-state index in [4.69, 9.17) is 4.74 Å². The molecule has 2 N–H and O–H groups in total. The predicted molar refractivity (Wildman–Crippen MR) is 52.0 cm³/mol. The summed E-state index contributed by atoms with van der Waals surface area (Å²) in [6.07, 6.45) is 0.0146. The normalized spacial score (nSPS) is 9.73. The van der Waals surface area contributed by atoms with E-state index in [0.717, 1.165) is 0 Å². The molecule has 5 nitrogen and oxygen atoms in total. The molecule has 0 atom stereocenters. The van der Waals surface area contributed by atoms with Gasteiger partial charge in [0.25, 0.3) is 0 Å². The van der Waals surface area contributed by atoms with E-state index in [0.29, 0.717) is 5.56 Å². The predicted octanol–water partition coefficient (Wildman–Crippen LogP) is 0.822. The molecule has 0 amide bonds. The van der Waals surface area contributed by atoms with Gasteiger partial charge in [-0.25, -0.2) is 0 Å². The molecule has 82 valence electrons. The van der Waals surface area contributed by atoms with Crippen LogP contribution in [0.5, 0.6) is 17.2 Å². The van der Waals surface area contributed by atoms with Crippen LogP contribution in [0.15, 0.2) is 12.1 Å². The Kier molecular flexibility index (Phi) is 3.38. The number of aromatic hydroxyl groups is 2. The smallest absolute Gasteiger partial charge is 0.309 e. The number of methoxy groups -OCH3 is 2. The van der Waals surface area contributed by atoms with Crippen LogP contribution in [0.4, 0.5) is 0 Å². The molecule has 0 radical (unpaired) electrons. The van der Waals surface area contributed by atoms with Crippen molar-refractivity contribution in [2.45, 2.75) is 6.42 Å². The lowest BCUT2D eigenvalue weighted by Crippen LogP contribution is -2.04. The van der Waals surface area contributed by atoms with E-state index in [1.54, 1.807) is 0 Å². The van der Waals surface area contributed by atoms with Gasteiger partial charge < -0.3 is 19.7 Å². The van der Waals surface area contributed by atoms with Crippen LogP contribution in [-0.4, -0.2) is 30.4 Å². The molecule has 5 heteroatoms. The van der Waals surface area contributed by atoms with E-state index in [1.807, 2.05) is 0 Å². The Labute approximate surface area is 86.9 Å². The summed E-state index contributed by atoms with van der Waals surface area (Å²) in [4.78, 5) is 11.0. The first kappa shape index (κ1) is 11.2. The second kappa shape index (κ2) is 4.54. The van der Waals surface area contributed by atoms with Crippen LogP contribution >= 0.6 is 0 Å². The maximum absolute atomic E-state index is 11.0. The summed E-state index contributed by atoms with van der Waals surface area (Å²) < 4.78 is 9.29. The molecule has 0 aliphatic heterocycles. The van der Waals surface area contributed by atoms with E-state index in [1.165, 1.54) is 26.4 Å². The third-order valence-corrected chi connectivity index (χ3v) is 1.91. The average Bonchev–Trinajstić information content (AvgIpc) is 2.22. The molecule has 0 fully saturated rings. The van der Waals surface area contributed by atoms with Crippen molar-refractivity contribution in [3.05, 3.63) is 17.7 Å². The molecule has 0 spiro atoms. The fraction of sp³-hybridized carbons (Fsp3) is 0.300. The number of ether oxygens (including phenoxy) is 2. The summed E-state index contributed by atoms with van der Waals surface area (Å²) in [6.45, 7) is 0. The maximum atomic E-state index is 11.0. The first-order valence-electron chi connectivity index (χ1n) is 4.24. The van der Waals surface area contributed by atoms with Crippen molar-refractivity contribution in [3.63, 3.8) is 0 Å². The third-order valence-electron chi connectivity index (χ3n) is 1.91. The van der Waals surface area contributed by atoms with E-state index >= 15 is 0 Å². The SMILES string of the molecule is COC(=O)Cc1cc(O)c(O)c(OC)c1. The zero-order chi connectivity index (χ0) is 11.4. The summed E-state index contributed by atoms with van der Waals surface area (Å²) in [7, 11) is 2.64. The van der Waals surface area contributed by atoms with Crippen molar-refractivity contribution in [1.82, 2.24) is 0 Å². The highest BCUT2D eigenvalue weighted by molar-refractivity contribution is 5.73. The summed E-state index contributed by atoms with van der Waals surface area (Å²) >= 11 is 0. The Bertz CT molecular complexity index is 372. The molecular formula is C10H12O5. The van der Waals surface area contributed by atoms with Crippen molar-refractivity contribution in [2.75, 3.05) is 14.2 Å². The van der Waals surface area contributed by atoms with Crippen LogP contribution in [0, 0.1) is 0 Å². The number of benzene rings is 1. The minimum Gasteiger partial charge on any atom is -0.504 e. The number of hydrogen-bond donors (Lipinski definition) is 2. The summed E-state index contributed by atoms with van der Waals surface area (Å²) in [5, 5.41) is 18.6. The molecule has 0 heterocycles. The van der Waals surface area contributed by atoms with E-state index < -0.39 is 5.97 Å². The molecule has 15 heavy (non-hydrogen) atoms. The van der Waals surface area contributed by atoms with Gasteiger partial charge in [0, 0.05) is 0 Å². The highest BCUT2D eigenvalue weighted by atomic mass is 16.5. The van der Waals surface area contributed by atoms with Crippen LogP contribution in [0.3, 0.4) is 0 Å². The van der Waals surface area contributed by atoms with Gasteiger partial charge in [0.2, 0.25) is 5.75 Å². The molecule has 0 aliphatic rings. The Morgan fingerprint density at radius 1 is 1.33 bits per heavy atom. The van der Waals surface area contributed by atoms with Gasteiger partial charge in [0.05, 0.1) is 20.6 Å². The molecule has 0 saturated carbocycles. The van der Waals surface area contributed by atoms with Crippen LogP contribution in [-0.2, 0) is 16.0 Å². The highest BCUT2D eigenvalue weighted by Crippen LogP contribution is 2.36. The fourth-order valence-corrected chi connectivity index (χ4v) is 1.15. The lowest BCUT2D eigenvalue weighted by atomic mass is 10.1. The number of phenolic OH excluding ortho intramolecular Hbond substituents is 2. The van der Waals surface area contributed by atoms with Gasteiger partial charge in [0.1, 0.15) is 0 Å². The molecular weight excluding hydrogens is 200 g/mol. The molecule has 1 rings (SSSR count). The van der Waals surface area contributed by atoms with Gasteiger partial charge in [-0.15, -0.1) is 0 Å². The number of carbonyl (C=O) groups excluding carboxylic acids is 1. The lowest BCUT2D eigenvalue weighted by Gasteiger charge is -2.07. The van der Waals surface area contributed by atoms with Crippen LogP contribution in [0.2, 0.25) is 0 Å². The van der Waals surface area contributed by atoms with Crippen molar-refractivity contribution in [1.29, 1.82) is 0 Å². The van der Waals surface area contributed by atoms with Gasteiger partial charge in [-0.05, 0) is 17.7 Å². The molecule has 0 saturated heterocycles. The summed E-state index contributed by atoms with van der Waals surface area (Å²) in [5.74, 6) is -0.976. The van der Waals surface area contributed by atoms with Gasteiger partial charge in [0.15, 0.2) is 11.5 Å². The second-order valence-electron chi connectivity index (χ2n) is 2.92. The maximum Gasteiger partial charge on any atom is 0.309 e. The number of rotatable bonds is 3. The molecule has 1 aromatic carbocycles. The number of hydrogen-bond acceptors (Lipinski definition) is 5. The van der Waals surface area contributed by atoms with Crippen LogP contribution in [0.1, 0.15) is 5.56 Å². The van der Waals surface area contributed by atoms with Crippen molar-refractivity contribution < 1.29 is 24.5 Å². The van der Waals surface area contributed by atoms with Crippen molar-refractivity contribution in [3.8, 4) is 17.2 Å². The molecule has 0 aromatic heterocycles. The number of esters is 1. The monoisotopic (exact) mass is 212 g/mol. The Morgan fingerprint density at radius 2 is 2.00 bits per heavy atom. The minimum atomic E-state index is -0.429. The number of phenols is 2. The Balaban J connectivity index is 3.00. The topological polar surface area (TPSA) is 76.0 Å². The lowest BCUT2D eigenvalue weighted by molar-refractivity contribution is -0.139. The van der Waals surface area contributed by atoms with Crippen LogP contribution < -0.4 is 4.74 Å². The second-order valence-corrected chi connectivity index (χ2v) is 2.92. The van der Waals surface area contributed by atoms with Gasteiger partial charge in [-0.1, -0.05) is 0 Å². The van der Waals surface area contributed by atoms with Crippen molar-refractivity contribution >= 4 is 5.97 Å². The highest BCUT2D eigenvalue weighted by Gasteiger charge is 2.11. The minimum absolute atomic E-state index is 0.0146. The Morgan fingerprint density at radius 3 is 2.53 bits per heavy atom. The molecule has 1 aromatic rings. The number of carbonyl (C=O) groups is 1. The molecule has 0 bridgehead atoms. The Hall–Kier alpha value is -1.91. The van der Waals surface area contributed by atoms with E-state index in [9.17, 15) is 15.0 Å². The first-order valence-corrected chi connectivity index (χ1v) is 4.24. The average molecular weight is 212 g/mol. The fourth-order valence-electron chi connectivity index (χ4n) is 1.15. The molecule has 0 aliphatic carbocycles. The molecule has 0 unspecified atom stereocenters. The summed E-state index contributed by atoms with van der Waals surface area (Å²) in [6, 6.07) is 2.75. The zero-order valence-electron chi connectivity index (χ0n) is 8.48. The van der Waals surface area contributed by atoms with Crippen LogP contribution in [0.25, 0.3) is 0 Å². The largest absolute Gasteiger partial charge is 0.504 e. The van der Waals surface area contributed by atoms with Gasteiger partial charge >= 0.3 is 5.97 Å². The zero-order valence-corrected chi connectivity index (χ0v) is 8.48. The third kappa shape index (κ3) is 2.52. The quantitative estimate of drug-likeness (QED) is 0.573. The summed E-state index contributed by atoms with van der Waals surface area (Å²) in [5.41, 5.74) is 0.508. The van der Waals surface area contributed by atoms with E-state index in [2.05, 4.69) is 4.74 Å². The standard InChI is InChI=1S/C10H12O5/c1-14-8-4-6(5-9(12)15-2)3-7(11)10(8)13/h3-4,11,13H,5H2,1-2H3. The van der Waals surface area contributed by atoms with Gasteiger partial charge in [-0.2, -0.15) is 0 Å². The van der Waals surface area contributed by atoms with Gasteiger partial charge in [-0.3, -0.25) is 4.79 Å². The first-order chi connectivity index (χ1) is 7.08. The van der Waals surface area contributed by atoms with Crippen molar-refractivity contribution in [2.24, 2.45) is 0 Å². The van der Waals surface area contributed by atoms with E-state index in [-0.39, 0.29) is 23.7 Å².